The fraction of sp³-hybridized carbons (Fsp3) is 0.400. The van der Waals surface area contributed by atoms with Crippen molar-refractivity contribution in [2.45, 2.75) is 13.1 Å². The van der Waals surface area contributed by atoms with Crippen molar-refractivity contribution in [1.82, 2.24) is 9.97 Å². The molecule has 0 radical (unpaired) electrons. The van der Waals surface area contributed by atoms with E-state index in [0.29, 0.717) is 43.2 Å². The number of aromatic nitrogens is 2. The van der Waals surface area contributed by atoms with Gasteiger partial charge in [0.1, 0.15) is 12.1 Å². The van der Waals surface area contributed by atoms with Gasteiger partial charge in [0.25, 0.3) is 0 Å². The number of hydrogen-bond acceptors (Lipinski definition) is 6. The molecule has 24 heavy (non-hydrogen) atoms. The molecule has 1 aromatic heterocycles. The first-order valence-electron chi connectivity index (χ1n) is 7.23. The van der Waals surface area contributed by atoms with E-state index in [2.05, 4.69) is 14.7 Å². The van der Waals surface area contributed by atoms with Crippen LogP contribution in [0.5, 0.6) is 5.75 Å². The fourth-order valence-electron chi connectivity index (χ4n) is 2.54. The number of rotatable bonds is 2. The first kappa shape index (κ1) is 16.4. The summed E-state index contributed by atoms with van der Waals surface area (Å²) in [6, 6.07) is 3.15. The van der Waals surface area contributed by atoms with Gasteiger partial charge in [0.05, 0.1) is 29.8 Å². The third-order valence-electron chi connectivity index (χ3n) is 3.69. The molecule has 0 saturated carbocycles. The molecule has 9 heteroatoms. The van der Waals surface area contributed by atoms with Crippen LogP contribution in [0.15, 0.2) is 18.5 Å². The van der Waals surface area contributed by atoms with Gasteiger partial charge in [-0.1, -0.05) is 0 Å². The highest BCUT2D eigenvalue weighted by atomic mass is 19.4. The van der Waals surface area contributed by atoms with E-state index in [9.17, 15) is 18.0 Å². The van der Waals surface area contributed by atoms with Crippen LogP contribution in [0.1, 0.15) is 5.69 Å². The summed E-state index contributed by atoms with van der Waals surface area (Å²) in [5.41, 5.74) is 1.46. The van der Waals surface area contributed by atoms with E-state index in [0.717, 1.165) is 0 Å². The van der Waals surface area contributed by atoms with Gasteiger partial charge in [-0.3, -0.25) is 0 Å². The minimum absolute atomic E-state index is 0.200. The van der Waals surface area contributed by atoms with Crippen LogP contribution in [-0.4, -0.2) is 48.4 Å². The van der Waals surface area contributed by atoms with Crippen molar-refractivity contribution in [2.24, 2.45) is 0 Å². The topological polar surface area (TPSA) is 64.6 Å². The Morgan fingerprint density at radius 3 is 2.62 bits per heavy atom. The van der Waals surface area contributed by atoms with Gasteiger partial charge in [0.2, 0.25) is 0 Å². The molecule has 1 saturated heterocycles. The Bertz CT molecular complexity index is 774. The maximum atomic E-state index is 12.6. The molecule has 1 aromatic carbocycles. The molecule has 0 bridgehead atoms. The molecule has 0 atom stereocenters. The highest BCUT2D eigenvalue weighted by Gasteiger charge is 2.41. The Morgan fingerprint density at radius 2 is 1.96 bits per heavy atom. The second-order valence-corrected chi connectivity index (χ2v) is 5.28. The normalized spacial score (nSPS) is 15.6. The largest absolute Gasteiger partial charge is 0.491 e. The minimum atomic E-state index is -5.08. The van der Waals surface area contributed by atoms with Crippen LogP contribution >= 0.6 is 0 Å². The molecule has 1 fully saturated rings. The SMILES string of the molecule is Cc1ncnc2cc(N3CCOCC3)cc(OC(=O)C(F)(F)F)c12. The summed E-state index contributed by atoms with van der Waals surface area (Å²) in [5.74, 6) is -2.47. The quantitative estimate of drug-likeness (QED) is 0.617. The smallest absolute Gasteiger partial charge is 0.419 e. The zero-order chi connectivity index (χ0) is 17.3. The number of fused-ring (bicyclic) bond motifs is 1. The first-order valence-corrected chi connectivity index (χ1v) is 7.23. The molecule has 0 aliphatic carbocycles. The second-order valence-electron chi connectivity index (χ2n) is 5.28. The number of hydrogen-bond donors (Lipinski definition) is 0. The molecule has 6 nitrogen and oxygen atoms in total. The number of aryl methyl sites for hydroxylation is 1. The van der Waals surface area contributed by atoms with E-state index >= 15 is 0 Å². The molecular formula is C15H14F3N3O3. The van der Waals surface area contributed by atoms with Crippen LogP contribution in [-0.2, 0) is 9.53 Å². The highest BCUT2D eigenvalue weighted by Crippen LogP contribution is 2.34. The molecule has 1 aliphatic heterocycles. The van der Waals surface area contributed by atoms with E-state index in [4.69, 9.17) is 4.74 Å². The summed E-state index contributed by atoms with van der Waals surface area (Å²) >= 11 is 0. The number of esters is 1. The molecule has 0 unspecified atom stereocenters. The molecule has 0 N–H and O–H groups in total. The van der Waals surface area contributed by atoms with Crippen molar-refractivity contribution >= 4 is 22.6 Å². The van der Waals surface area contributed by atoms with E-state index in [1.165, 1.54) is 12.4 Å². The maximum absolute atomic E-state index is 12.6. The average molecular weight is 341 g/mol. The minimum Gasteiger partial charge on any atom is -0.419 e. The van der Waals surface area contributed by atoms with Crippen molar-refractivity contribution in [3.63, 3.8) is 0 Å². The van der Waals surface area contributed by atoms with E-state index < -0.39 is 12.1 Å². The number of carbonyl (C=O) groups is 1. The Hall–Kier alpha value is -2.42. The Kier molecular flexibility index (Phi) is 4.27. The van der Waals surface area contributed by atoms with Gasteiger partial charge in [-0.2, -0.15) is 13.2 Å². The number of alkyl halides is 3. The monoisotopic (exact) mass is 341 g/mol. The highest BCUT2D eigenvalue weighted by molar-refractivity contribution is 5.93. The van der Waals surface area contributed by atoms with Crippen LogP contribution in [0.4, 0.5) is 18.9 Å². The lowest BCUT2D eigenvalue weighted by Gasteiger charge is -2.29. The molecule has 2 aromatic rings. The van der Waals surface area contributed by atoms with Gasteiger partial charge in [-0.15, -0.1) is 0 Å². The molecule has 2 heterocycles. The maximum Gasteiger partial charge on any atom is 0.491 e. The Balaban J connectivity index is 2.08. The summed E-state index contributed by atoms with van der Waals surface area (Å²) in [6.07, 6.45) is -3.76. The average Bonchev–Trinajstić information content (AvgIpc) is 2.54. The number of halogens is 3. The lowest BCUT2D eigenvalue weighted by Crippen LogP contribution is -2.36. The standard InChI is InChI=1S/C15H14F3N3O3/c1-9-13-11(20-8-19-9)6-10(21-2-4-23-5-3-21)7-12(13)24-14(22)15(16,17)18/h6-8H,2-5H2,1H3. The third kappa shape index (κ3) is 3.25. The van der Waals surface area contributed by atoms with E-state index in [-0.39, 0.29) is 11.1 Å². The van der Waals surface area contributed by atoms with Crippen molar-refractivity contribution in [1.29, 1.82) is 0 Å². The fourth-order valence-corrected chi connectivity index (χ4v) is 2.54. The zero-order valence-corrected chi connectivity index (χ0v) is 12.8. The Labute approximate surface area is 135 Å². The first-order chi connectivity index (χ1) is 11.4. The van der Waals surface area contributed by atoms with Gasteiger partial charge >= 0.3 is 12.1 Å². The van der Waals surface area contributed by atoms with Crippen molar-refractivity contribution < 1.29 is 27.4 Å². The molecule has 1 aliphatic rings. The molecule has 3 rings (SSSR count). The van der Waals surface area contributed by atoms with Crippen LogP contribution in [0.25, 0.3) is 10.9 Å². The predicted molar refractivity (Wildman–Crippen MR) is 79.0 cm³/mol. The summed E-state index contributed by atoms with van der Waals surface area (Å²) < 4.78 is 47.5. The van der Waals surface area contributed by atoms with Crippen LogP contribution in [0, 0.1) is 6.92 Å². The third-order valence-corrected chi connectivity index (χ3v) is 3.69. The van der Waals surface area contributed by atoms with Gasteiger partial charge in [-0.25, -0.2) is 14.8 Å². The summed E-state index contributed by atoms with van der Waals surface area (Å²) in [5, 5.41) is 0.284. The number of morpholine rings is 1. The number of anilines is 1. The van der Waals surface area contributed by atoms with Crippen molar-refractivity contribution in [3.8, 4) is 5.75 Å². The lowest BCUT2D eigenvalue weighted by atomic mass is 10.1. The van der Waals surface area contributed by atoms with Crippen LogP contribution in [0.3, 0.4) is 0 Å². The molecule has 0 spiro atoms. The lowest BCUT2D eigenvalue weighted by molar-refractivity contribution is -0.189. The van der Waals surface area contributed by atoms with Crippen LogP contribution < -0.4 is 9.64 Å². The Morgan fingerprint density at radius 1 is 1.25 bits per heavy atom. The number of carbonyl (C=O) groups excluding carboxylic acids is 1. The molecule has 0 amide bonds. The van der Waals surface area contributed by atoms with E-state index in [1.807, 2.05) is 4.90 Å². The number of benzene rings is 1. The molecular weight excluding hydrogens is 327 g/mol. The summed E-state index contributed by atoms with van der Waals surface area (Å²) in [6.45, 7) is 3.81. The summed E-state index contributed by atoms with van der Waals surface area (Å²) in [7, 11) is 0. The zero-order valence-electron chi connectivity index (χ0n) is 12.8. The van der Waals surface area contributed by atoms with Gasteiger partial charge in [-0.05, 0) is 13.0 Å². The van der Waals surface area contributed by atoms with Gasteiger partial charge in [0, 0.05) is 24.8 Å². The number of nitrogens with zero attached hydrogens (tertiary/aromatic N) is 3. The van der Waals surface area contributed by atoms with Crippen molar-refractivity contribution in [3.05, 3.63) is 24.2 Å². The van der Waals surface area contributed by atoms with Gasteiger partial charge in [0.15, 0.2) is 0 Å². The summed E-state index contributed by atoms with van der Waals surface area (Å²) in [4.78, 5) is 21.2. The predicted octanol–water partition coefficient (Wildman–Crippen LogP) is 2.24. The van der Waals surface area contributed by atoms with E-state index in [1.54, 1.807) is 13.0 Å². The van der Waals surface area contributed by atoms with Gasteiger partial charge < -0.3 is 14.4 Å². The second kappa shape index (κ2) is 6.23. The van der Waals surface area contributed by atoms with Crippen molar-refractivity contribution in [2.75, 3.05) is 31.2 Å². The number of ether oxygens (including phenoxy) is 2. The molecule has 128 valence electrons. The van der Waals surface area contributed by atoms with Crippen LogP contribution in [0.2, 0.25) is 0 Å².